The zero-order chi connectivity index (χ0) is 14.8. The average Bonchev–Trinajstić information content (AvgIpc) is 2.89. The fourth-order valence-corrected chi connectivity index (χ4v) is 3.41. The van der Waals surface area contributed by atoms with Crippen LogP contribution in [0.25, 0.3) is 0 Å². The van der Waals surface area contributed by atoms with Gasteiger partial charge in [0.1, 0.15) is 4.21 Å². The van der Waals surface area contributed by atoms with Crippen molar-refractivity contribution in [3.63, 3.8) is 0 Å². The third-order valence-corrected chi connectivity index (χ3v) is 5.40. The summed E-state index contributed by atoms with van der Waals surface area (Å²) in [6, 6.07) is 11.6. The number of carbonyl (C=O) groups is 1. The van der Waals surface area contributed by atoms with Crippen LogP contribution >= 0.6 is 11.3 Å². The molecule has 2 aromatic rings. The maximum Gasteiger partial charge on any atom is 0.251 e. The predicted molar refractivity (Wildman–Crippen MR) is 78.0 cm³/mol. The van der Waals surface area contributed by atoms with Gasteiger partial charge in [0, 0.05) is 10.4 Å². The third-order valence-electron chi connectivity index (χ3n) is 2.69. The number of rotatable bonds is 4. The Bertz CT molecular complexity index is 708. The molecule has 0 aliphatic carbocycles. The minimum atomic E-state index is -3.69. The van der Waals surface area contributed by atoms with E-state index in [1.807, 2.05) is 6.07 Å². The molecule has 1 aromatic carbocycles. The van der Waals surface area contributed by atoms with Gasteiger partial charge in [-0.15, -0.1) is 11.3 Å². The fourth-order valence-electron chi connectivity index (χ4n) is 1.66. The van der Waals surface area contributed by atoms with Crippen molar-refractivity contribution < 1.29 is 13.2 Å². The van der Waals surface area contributed by atoms with Gasteiger partial charge < -0.3 is 5.32 Å². The summed E-state index contributed by atoms with van der Waals surface area (Å²) < 4.78 is 22.5. The molecule has 0 aliphatic heterocycles. The first-order valence-corrected chi connectivity index (χ1v) is 8.22. The second-order valence-corrected chi connectivity index (χ2v) is 7.17. The van der Waals surface area contributed by atoms with Gasteiger partial charge in [-0.1, -0.05) is 18.2 Å². The monoisotopic (exact) mass is 310 g/mol. The van der Waals surface area contributed by atoms with Crippen LogP contribution in [0.15, 0.2) is 46.7 Å². The van der Waals surface area contributed by atoms with Crippen molar-refractivity contribution in [3.05, 3.63) is 52.9 Å². The quantitative estimate of drug-likeness (QED) is 0.903. The van der Waals surface area contributed by atoms with Crippen LogP contribution in [0.1, 0.15) is 28.2 Å². The van der Waals surface area contributed by atoms with Gasteiger partial charge in [-0.2, -0.15) is 0 Å². The Kier molecular flexibility index (Phi) is 4.22. The van der Waals surface area contributed by atoms with Gasteiger partial charge >= 0.3 is 0 Å². The maximum atomic E-state index is 12.0. The number of nitrogens with one attached hydrogen (secondary N) is 1. The molecule has 1 atom stereocenters. The lowest BCUT2D eigenvalue weighted by molar-refractivity contribution is 0.0940. The Labute approximate surface area is 121 Å². The lowest BCUT2D eigenvalue weighted by Crippen LogP contribution is -2.25. The number of thiophene rings is 1. The molecule has 0 saturated heterocycles. The minimum Gasteiger partial charge on any atom is -0.345 e. The van der Waals surface area contributed by atoms with Gasteiger partial charge in [0.2, 0.25) is 10.0 Å². The first-order chi connectivity index (χ1) is 9.38. The molecule has 106 valence electrons. The third kappa shape index (κ3) is 3.44. The lowest BCUT2D eigenvalue weighted by Gasteiger charge is -2.12. The highest BCUT2D eigenvalue weighted by atomic mass is 32.2. The van der Waals surface area contributed by atoms with Crippen LogP contribution in [-0.2, 0) is 10.0 Å². The highest BCUT2D eigenvalue weighted by Gasteiger charge is 2.16. The van der Waals surface area contributed by atoms with Gasteiger partial charge in [-0.25, -0.2) is 13.6 Å². The van der Waals surface area contributed by atoms with Crippen LogP contribution in [0.2, 0.25) is 0 Å². The Balaban J connectivity index is 2.11. The highest BCUT2D eigenvalue weighted by molar-refractivity contribution is 7.91. The largest absolute Gasteiger partial charge is 0.345 e. The van der Waals surface area contributed by atoms with E-state index < -0.39 is 10.0 Å². The molecular weight excluding hydrogens is 296 g/mol. The van der Waals surface area contributed by atoms with E-state index in [-0.39, 0.29) is 16.2 Å². The van der Waals surface area contributed by atoms with Gasteiger partial charge in [-0.3, -0.25) is 4.79 Å². The molecular formula is C13H14N2O3S2. The summed E-state index contributed by atoms with van der Waals surface area (Å²) in [4.78, 5) is 12.7. The molecule has 0 fully saturated rings. The van der Waals surface area contributed by atoms with E-state index in [1.165, 1.54) is 6.07 Å². The predicted octanol–water partition coefficient (Wildman–Crippen LogP) is 1.89. The number of nitrogens with two attached hydrogens (primary N) is 1. The second-order valence-electron chi connectivity index (χ2n) is 4.26. The summed E-state index contributed by atoms with van der Waals surface area (Å²) >= 11 is 1.06. The topological polar surface area (TPSA) is 89.3 Å². The molecule has 1 unspecified atom stereocenters. The minimum absolute atomic E-state index is 0.0910. The SMILES string of the molecule is CC(NC(=O)c1ccccc1)c1ccc(S(N)(=O)=O)s1. The van der Waals surface area contributed by atoms with Crippen molar-refractivity contribution in [2.24, 2.45) is 5.14 Å². The van der Waals surface area contributed by atoms with E-state index in [2.05, 4.69) is 5.32 Å². The Morgan fingerprint density at radius 2 is 1.85 bits per heavy atom. The standard InChI is InChI=1S/C13H14N2O3S2/c1-9(11-7-8-12(19-11)20(14,17)18)15-13(16)10-5-3-2-4-6-10/h2-9H,1H3,(H,15,16)(H2,14,17,18). The molecule has 1 heterocycles. The van der Waals surface area contributed by atoms with E-state index in [0.29, 0.717) is 5.56 Å². The zero-order valence-corrected chi connectivity index (χ0v) is 12.4. The zero-order valence-electron chi connectivity index (χ0n) is 10.7. The van der Waals surface area contributed by atoms with Crippen molar-refractivity contribution in [2.45, 2.75) is 17.2 Å². The van der Waals surface area contributed by atoms with E-state index in [4.69, 9.17) is 5.14 Å². The van der Waals surface area contributed by atoms with Gasteiger partial charge in [0.15, 0.2) is 0 Å². The number of sulfonamides is 1. The molecule has 0 aliphatic rings. The number of benzene rings is 1. The smallest absolute Gasteiger partial charge is 0.251 e. The number of primary sulfonamides is 1. The van der Waals surface area contributed by atoms with E-state index in [0.717, 1.165) is 16.2 Å². The van der Waals surface area contributed by atoms with Gasteiger partial charge in [-0.05, 0) is 31.2 Å². The molecule has 20 heavy (non-hydrogen) atoms. The van der Waals surface area contributed by atoms with Crippen LogP contribution in [0.3, 0.4) is 0 Å². The van der Waals surface area contributed by atoms with Crippen LogP contribution < -0.4 is 10.5 Å². The van der Waals surface area contributed by atoms with Crippen LogP contribution in [0, 0.1) is 0 Å². The molecule has 1 aromatic heterocycles. The molecule has 0 radical (unpaired) electrons. The summed E-state index contributed by atoms with van der Waals surface area (Å²) in [5.74, 6) is -0.205. The maximum absolute atomic E-state index is 12.0. The van der Waals surface area contributed by atoms with Crippen LogP contribution in [0.4, 0.5) is 0 Å². The van der Waals surface area contributed by atoms with Gasteiger partial charge in [0.05, 0.1) is 6.04 Å². The molecule has 3 N–H and O–H groups in total. The van der Waals surface area contributed by atoms with Crippen molar-refractivity contribution >= 4 is 27.3 Å². The first-order valence-electron chi connectivity index (χ1n) is 5.86. The van der Waals surface area contributed by atoms with Crippen molar-refractivity contribution in [1.82, 2.24) is 5.32 Å². The second kappa shape index (κ2) is 5.74. The molecule has 0 spiro atoms. The Morgan fingerprint density at radius 3 is 2.40 bits per heavy atom. The van der Waals surface area contributed by atoms with E-state index in [9.17, 15) is 13.2 Å². The van der Waals surface area contributed by atoms with Crippen LogP contribution in [-0.4, -0.2) is 14.3 Å². The summed E-state index contributed by atoms with van der Waals surface area (Å²) in [5.41, 5.74) is 0.558. The Morgan fingerprint density at radius 1 is 1.20 bits per heavy atom. The lowest BCUT2D eigenvalue weighted by atomic mass is 10.2. The first kappa shape index (κ1) is 14.7. The molecule has 2 rings (SSSR count). The van der Waals surface area contributed by atoms with Crippen molar-refractivity contribution in [2.75, 3.05) is 0 Å². The summed E-state index contributed by atoms with van der Waals surface area (Å²) in [6.45, 7) is 1.79. The van der Waals surface area contributed by atoms with E-state index >= 15 is 0 Å². The fraction of sp³-hybridized carbons (Fsp3) is 0.154. The number of carbonyl (C=O) groups excluding carboxylic acids is 1. The molecule has 7 heteroatoms. The highest BCUT2D eigenvalue weighted by Crippen LogP contribution is 2.25. The number of hydrogen-bond acceptors (Lipinski definition) is 4. The van der Waals surface area contributed by atoms with E-state index in [1.54, 1.807) is 37.3 Å². The molecule has 1 amide bonds. The normalized spacial score (nSPS) is 12.9. The molecule has 0 saturated carbocycles. The van der Waals surface area contributed by atoms with Gasteiger partial charge in [0.25, 0.3) is 5.91 Å². The number of amides is 1. The molecule has 0 bridgehead atoms. The summed E-state index contributed by atoms with van der Waals surface area (Å²) in [7, 11) is -3.69. The van der Waals surface area contributed by atoms with Crippen LogP contribution in [0.5, 0.6) is 0 Å². The average molecular weight is 310 g/mol. The van der Waals surface area contributed by atoms with Crippen molar-refractivity contribution in [3.8, 4) is 0 Å². The summed E-state index contributed by atoms with van der Waals surface area (Å²) in [6.07, 6.45) is 0. The van der Waals surface area contributed by atoms with Crippen molar-refractivity contribution in [1.29, 1.82) is 0 Å². The summed E-state index contributed by atoms with van der Waals surface area (Å²) in [5, 5.41) is 7.87. The Hall–Kier alpha value is -1.70. The number of hydrogen-bond donors (Lipinski definition) is 2. The molecule has 5 nitrogen and oxygen atoms in total.